The van der Waals surface area contributed by atoms with E-state index in [1.54, 1.807) is 0 Å². The average molecular weight is 249 g/mol. The summed E-state index contributed by atoms with van der Waals surface area (Å²) in [4.78, 5) is 1.41. The van der Waals surface area contributed by atoms with Crippen molar-refractivity contribution in [2.45, 2.75) is 55.7 Å². The molecule has 3 unspecified atom stereocenters. The van der Waals surface area contributed by atoms with Crippen LogP contribution in [0, 0.1) is 12.8 Å². The molecule has 2 N–H and O–H groups in total. The summed E-state index contributed by atoms with van der Waals surface area (Å²) >= 11 is 1.99. The summed E-state index contributed by atoms with van der Waals surface area (Å²) in [6, 6.07) is 9.02. The minimum Gasteiger partial charge on any atom is -0.327 e. The molecule has 1 saturated carbocycles. The van der Waals surface area contributed by atoms with E-state index in [1.807, 2.05) is 11.8 Å². The van der Waals surface area contributed by atoms with Gasteiger partial charge in [-0.1, -0.05) is 31.5 Å². The highest BCUT2D eigenvalue weighted by molar-refractivity contribution is 8.00. The van der Waals surface area contributed by atoms with Gasteiger partial charge in [-0.05, 0) is 43.7 Å². The summed E-state index contributed by atoms with van der Waals surface area (Å²) in [7, 11) is 0. The summed E-state index contributed by atoms with van der Waals surface area (Å²) in [6.45, 7) is 4.49. The zero-order valence-electron chi connectivity index (χ0n) is 10.9. The lowest BCUT2D eigenvalue weighted by Crippen LogP contribution is -2.38. The van der Waals surface area contributed by atoms with Crippen molar-refractivity contribution in [1.82, 2.24) is 0 Å². The lowest BCUT2D eigenvalue weighted by molar-refractivity contribution is 0.327. The fraction of sp³-hybridized carbons (Fsp3) is 0.600. The molecule has 0 aliphatic heterocycles. The summed E-state index contributed by atoms with van der Waals surface area (Å²) in [5, 5.41) is 0.606. The molecule has 1 aromatic carbocycles. The van der Waals surface area contributed by atoms with E-state index in [9.17, 15) is 0 Å². The van der Waals surface area contributed by atoms with E-state index in [-0.39, 0.29) is 0 Å². The molecule has 17 heavy (non-hydrogen) atoms. The number of thioether (sulfide) groups is 1. The Morgan fingerprint density at radius 3 is 2.76 bits per heavy atom. The van der Waals surface area contributed by atoms with E-state index in [4.69, 9.17) is 5.73 Å². The molecule has 1 nitrogen and oxygen atoms in total. The van der Waals surface area contributed by atoms with Gasteiger partial charge in [-0.25, -0.2) is 0 Å². The standard InChI is InChI=1S/C15H23NS/c1-3-12-8-9-13(16)15(10-12)17-14-7-5-4-6-11(14)2/h4-7,12-13,15H,3,8-10,16H2,1-2H3. The van der Waals surface area contributed by atoms with Crippen LogP contribution < -0.4 is 5.73 Å². The Kier molecular flexibility index (Phi) is 4.52. The first kappa shape index (κ1) is 13.0. The third kappa shape index (κ3) is 3.26. The molecular weight excluding hydrogens is 226 g/mol. The molecule has 1 aromatic rings. The molecule has 3 atom stereocenters. The number of nitrogens with two attached hydrogens (primary N) is 1. The molecule has 94 valence electrons. The number of aryl methyl sites for hydroxylation is 1. The maximum Gasteiger partial charge on any atom is 0.0249 e. The van der Waals surface area contributed by atoms with Gasteiger partial charge < -0.3 is 5.73 Å². The Morgan fingerprint density at radius 2 is 2.06 bits per heavy atom. The molecule has 0 amide bonds. The summed E-state index contributed by atoms with van der Waals surface area (Å²) in [5.41, 5.74) is 7.65. The zero-order valence-corrected chi connectivity index (χ0v) is 11.7. The number of benzene rings is 1. The second-order valence-electron chi connectivity index (χ2n) is 5.17. The van der Waals surface area contributed by atoms with E-state index in [1.165, 1.54) is 36.1 Å². The Balaban J connectivity index is 2.04. The van der Waals surface area contributed by atoms with Crippen LogP contribution in [0.25, 0.3) is 0 Å². The van der Waals surface area contributed by atoms with Gasteiger partial charge in [-0.2, -0.15) is 0 Å². The van der Waals surface area contributed by atoms with Crippen molar-refractivity contribution in [3.8, 4) is 0 Å². The molecule has 1 aliphatic carbocycles. The first-order valence-corrected chi connectivity index (χ1v) is 7.56. The molecule has 0 spiro atoms. The maximum atomic E-state index is 6.27. The van der Waals surface area contributed by atoms with Crippen molar-refractivity contribution in [3.05, 3.63) is 29.8 Å². The van der Waals surface area contributed by atoms with E-state index in [0.29, 0.717) is 11.3 Å². The van der Waals surface area contributed by atoms with Gasteiger partial charge in [0.2, 0.25) is 0 Å². The highest BCUT2D eigenvalue weighted by Gasteiger charge is 2.28. The lowest BCUT2D eigenvalue weighted by atomic mass is 9.84. The van der Waals surface area contributed by atoms with E-state index >= 15 is 0 Å². The van der Waals surface area contributed by atoms with Gasteiger partial charge in [0.25, 0.3) is 0 Å². The van der Waals surface area contributed by atoms with Crippen LogP contribution in [-0.2, 0) is 0 Å². The molecule has 0 bridgehead atoms. The van der Waals surface area contributed by atoms with Crippen LogP contribution in [0.1, 0.15) is 38.2 Å². The van der Waals surface area contributed by atoms with Gasteiger partial charge in [-0.15, -0.1) is 11.8 Å². The van der Waals surface area contributed by atoms with Gasteiger partial charge in [0, 0.05) is 16.2 Å². The second kappa shape index (κ2) is 5.92. The van der Waals surface area contributed by atoms with E-state index < -0.39 is 0 Å². The van der Waals surface area contributed by atoms with Gasteiger partial charge in [0.05, 0.1) is 0 Å². The molecule has 1 aliphatic rings. The van der Waals surface area contributed by atoms with Crippen molar-refractivity contribution in [1.29, 1.82) is 0 Å². The normalized spacial score (nSPS) is 29.2. The predicted molar refractivity (Wildman–Crippen MR) is 76.4 cm³/mol. The summed E-state index contributed by atoms with van der Waals surface area (Å²) < 4.78 is 0. The molecule has 0 heterocycles. The Morgan fingerprint density at radius 1 is 1.29 bits per heavy atom. The van der Waals surface area contributed by atoms with Crippen LogP contribution in [0.2, 0.25) is 0 Å². The maximum absolute atomic E-state index is 6.27. The third-order valence-corrected chi connectivity index (χ3v) is 5.46. The van der Waals surface area contributed by atoms with Crippen molar-refractivity contribution in [2.75, 3.05) is 0 Å². The lowest BCUT2D eigenvalue weighted by Gasteiger charge is -2.33. The van der Waals surface area contributed by atoms with Crippen molar-refractivity contribution in [3.63, 3.8) is 0 Å². The molecule has 0 aromatic heterocycles. The van der Waals surface area contributed by atoms with Crippen LogP contribution in [0.3, 0.4) is 0 Å². The second-order valence-corrected chi connectivity index (χ2v) is 6.45. The molecule has 0 saturated heterocycles. The quantitative estimate of drug-likeness (QED) is 0.876. The monoisotopic (exact) mass is 249 g/mol. The van der Waals surface area contributed by atoms with Crippen molar-refractivity contribution < 1.29 is 0 Å². The SMILES string of the molecule is CCC1CCC(N)C(Sc2ccccc2C)C1. The summed E-state index contributed by atoms with van der Waals surface area (Å²) in [5.74, 6) is 0.885. The average Bonchev–Trinajstić information content (AvgIpc) is 2.35. The fourth-order valence-electron chi connectivity index (χ4n) is 2.59. The number of hydrogen-bond donors (Lipinski definition) is 1. The highest BCUT2D eigenvalue weighted by Crippen LogP contribution is 2.37. The minimum atomic E-state index is 0.377. The van der Waals surface area contributed by atoms with Gasteiger partial charge in [0.15, 0.2) is 0 Å². The number of rotatable bonds is 3. The van der Waals surface area contributed by atoms with Crippen LogP contribution >= 0.6 is 11.8 Å². The molecular formula is C15H23NS. The predicted octanol–water partition coefficient (Wildman–Crippen LogP) is 3.99. The Hall–Kier alpha value is -0.470. The van der Waals surface area contributed by atoms with Gasteiger partial charge >= 0.3 is 0 Å². The van der Waals surface area contributed by atoms with Gasteiger partial charge in [0.1, 0.15) is 0 Å². The third-order valence-electron chi connectivity index (χ3n) is 3.90. The molecule has 0 radical (unpaired) electrons. The first-order valence-electron chi connectivity index (χ1n) is 6.68. The minimum absolute atomic E-state index is 0.377. The van der Waals surface area contributed by atoms with Crippen LogP contribution in [0.4, 0.5) is 0 Å². The highest BCUT2D eigenvalue weighted by atomic mass is 32.2. The number of hydrogen-bond acceptors (Lipinski definition) is 2. The first-order chi connectivity index (χ1) is 8.20. The van der Waals surface area contributed by atoms with E-state index in [0.717, 1.165) is 5.92 Å². The van der Waals surface area contributed by atoms with Crippen LogP contribution in [0.15, 0.2) is 29.2 Å². The molecule has 1 fully saturated rings. The smallest absolute Gasteiger partial charge is 0.0249 e. The van der Waals surface area contributed by atoms with Crippen LogP contribution in [-0.4, -0.2) is 11.3 Å². The fourth-order valence-corrected chi connectivity index (χ4v) is 4.01. The summed E-state index contributed by atoms with van der Waals surface area (Å²) in [6.07, 6.45) is 5.11. The van der Waals surface area contributed by atoms with Crippen LogP contribution in [0.5, 0.6) is 0 Å². The zero-order chi connectivity index (χ0) is 12.3. The van der Waals surface area contributed by atoms with Crippen molar-refractivity contribution in [2.24, 2.45) is 11.7 Å². The molecule has 2 rings (SSSR count). The van der Waals surface area contributed by atoms with Gasteiger partial charge in [-0.3, -0.25) is 0 Å². The topological polar surface area (TPSA) is 26.0 Å². The largest absolute Gasteiger partial charge is 0.327 e. The Labute approximate surface area is 109 Å². The van der Waals surface area contributed by atoms with Crippen molar-refractivity contribution >= 4 is 11.8 Å². The van der Waals surface area contributed by atoms with E-state index in [2.05, 4.69) is 38.1 Å². The molecule has 2 heteroatoms. The Bertz CT molecular complexity index is 364.